The zero-order chi connectivity index (χ0) is 21.4. The maximum absolute atomic E-state index is 12.8. The zero-order valence-corrected chi connectivity index (χ0v) is 17.3. The van der Waals surface area contributed by atoms with E-state index in [2.05, 4.69) is 16.8 Å². The van der Waals surface area contributed by atoms with Crippen molar-refractivity contribution in [3.63, 3.8) is 0 Å². The molecule has 3 heterocycles. The van der Waals surface area contributed by atoms with E-state index < -0.39 is 0 Å². The number of aromatic nitrogens is 1. The second-order valence-corrected chi connectivity index (χ2v) is 8.58. The average Bonchev–Trinajstić information content (AvgIpc) is 3.60. The van der Waals surface area contributed by atoms with E-state index >= 15 is 0 Å². The Labute approximate surface area is 181 Å². The number of hydrogen-bond donors (Lipinski definition) is 1. The number of aliphatic hydroxyl groups is 1. The predicted molar refractivity (Wildman–Crippen MR) is 115 cm³/mol. The minimum atomic E-state index is -0.242. The summed E-state index contributed by atoms with van der Waals surface area (Å²) in [4.78, 5) is 33.2. The number of amides is 2. The number of pyridine rings is 1. The quantitative estimate of drug-likeness (QED) is 0.770. The smallest absolute Gasteiger partial charge is 0.242 e. The van der Waals surface area contributed by atoms with Crippen LogP contribution in [0.5, 0.6) is 0 Å². The van der Waals surface area contributed by atoms with Gasteiger partial charge < -0.3 is 14.9 Å². The molecule has 6 heteroatoms. The summed E-state index contributed by atoms with van der Waals surface area (Å²) in [5.41, 5.74) is 2.76. The average molecular weight is 415 g/mol. The summed E-state index contributed by atoms with van der Waals surface area (Å²) in [6, 6.07) is 13.2. The first-order chi connectivity index (χ1) is 15.1. The highest BCUT2D eigenvalue weighted by atomic mass is 16.3. The van der Waals surface area contributed by atoms with Crippen molar-refractivity contribution in [1.82, 2.24) is 14.8 Å². The molecule has 6 nitrogen and oxygen atoms in total. The van der Waals surface area contributed by atoms with Crippen molar-refractivity contribution in [2.45, 2.75) is 37.3 Å². The van der Waals surface area contributed by atoms with Crippen LogP contribution in [0.2, 0.25) is 0 Å². The second-order valence-electron chi connectivity index (χ2n) is 8.58. The minimum absolute atomic E-state index is 0.00448. The van der Waals surface area contributed by atoms with Crippen LogP contribution in [0.25, 0.3) is 0 Å². The molecular formula is C25H25N3O3. The fourth-order valence-electron chi connectivity index (χ4n) is 4.66. The Bertz CT molecular complexity index is 1040. The molecule has 1 aromatic heterocycles. The van der Waals surface area contributed by atoms with Crippen LogP contribution in [-0.4, -0.2) is 63.5 Å². The van der Waals surface area contributed by atoms with Gasteiger partial charge in [0.15, 0.2) is 0 Å². The SMILES string of the molecule is O=C(Cc1ccccn1)N1CC(=O)N2[C@H](CO)[C@@H](c3ccc(C#CC4CC4)cc3)[C@@H]2C1. The van der Waals surface area contributed by atoms with E-state index in [1.165, 1.54) is 12.8 Å². The number of rotatable bonds is 4. The standard InChI is InChI=1S/C25H25N3O3/c29-16-22-25(19-10-8-18(9-11-19)7-6-17-4-5-17)21-14-27(15-24(31)28(21)22)23(30)13-20-3-1-2-12-26-20/h1-3,8-12,17,21-22,25,29H,4-5,13-16H2/t21-,22+,25-/m0/s1. The molecule has 3 aliphatic rings. The predicted octanol–water partition coefficient (Wildman–Crippen LogP) is 1.58. The molecule has 5 rings (SSSR count). The Morgan fingerprint density at radius 3 is 2.65 bits per heavy atom. The van der Waals surface area contributed by atoms with Gasteiger partial charge in [-0.3, -0.25) is 14.6 Å². The van der Waals surface area contributed by atoms with Gasteiger partial charge in [-0.05, 0) is 42.7 Å². The molecule has 0 bridgehead atoms. The van der Waals surface area contributed by atoms with Crippen LogP contribution >= 0.6 is 0 Å². The Hall–Kier alpha value is -3.17. The minimum Gasteiger partial charge on any atom is -0.394 e. The molecule has 31 heavy (non-hydrogen) atoms. The van der Waals surface area contributed by atoms with Crippen molar-refractivity contribution in [1.29, 1.82) is 0 Å². The van der Waals surface area contributed by atoms with Crippen molar-refractivity contribution in [2.75, 3.05) is 19.7 Å². The first kappa shape index (κ1) is 19.8. The number of aliphatic hydroxyl groups excluding tert-OH is 1. The summed E-state index contributed by atoms with van der Waals surface area (Å²) in [5.74, 6) is 6.85. The van der Waals surface area contributed by atoms with Gasteiger partial charge in [-0.2, -0.15) is 0 Å². The van der Waals surface area contributed by atoms with E-state index in [9.17, 15) is 14.7 Å². The lowest BCUT2D eigenvalue weighted by atomic mass is 9.73. The van der Waals surface area contributed by atoms with E-state index in [-0.39, 0.29) is 49.4 Å². The van der Waals surface area contributed by atoms with Gasteiger partial charge in [-0.25, -0.2) is 0 Å². The summed E-state index contributed by atoms with van der Waals surface area (Å²) in [6.07, 6.45) is 4.25. The van der Waals surface area contributed by atoms with Crippen molar-refractivity contribution >= 4 is 11.8 Å². The molecular weight excluding hydrogens is 390 g/mol. The van der Waals surface area contributed by atoms with Crippen LogP contribution in [0.4, 0.5) is 0 Å². The maximum atomic E-state index is 12.8. The molecule has 0 radical (unpaired) electrons. The van der Waals surface area contributed by atoms with E-state index in [0.717, 1.165) is 11.1 Å². The first-order valence-electron chi connectivity index (χ1n) is 10.9. The lowest BCUT2D eigenvalue weighted by molar-refractivity contribution is -0.166. The molecule has 0 spiro atoms. The highest BCUT2D eigenvalue weighted by Crippen LogP contribution is 2.43. The van der Waals surface area contributed by atoms with Crippen molar-refractivity contribution in [3.05, 3.63) is 65.5 Å². The van der Waals surface area contributed by atoms with Crippen LogP contribution in [0.15, 0.2) is 48.7 Å². The van der Waals surface area contributed by atoms with E-state index in [1.807, 2.05) is 42.5 Å². The normalized spacial score (nSPS) is 24.7. The Balaban J connectivity index is 1.31. The molecule has 1 aliphatic carbocycles. The topological polar surface area (TPSA) is 73.7 Å². The van der Waals surface area contributed by atoms with Crippen LogP contribution in [-0.2, 0) is 16.0 Å². The second kappa shape index (κ2) is 8.16. The molecule has 2 aliphatic heterocycles. The first-order valence-corrected chi connectivity index (χ1v) is 10.9. The van der Waals surface area contributed by atoms with Crippen molar-refractivity contribution in [2.24, 2.45) is 5.92 Å². The third kappa shape index (κ3) is 3.94. The molecule has 2 aromatic rings. The molecule has 1 aromatic carbocycles. The van der Waals surface area contributed by atoms with Gasteiger partial charge in [-0.15, -0.1) is 0 Å². The summed E-state index contributed by atoms with van der Waals surface area (Å²) in [6.45, 7) is 0.445. The molecule has 3 atom stereocenters. The Kier molecular flexibility index (Phi) is 5.21. The van der Waals surface area contributed by atoms with Crippen molar-refractivity contribution in [3.8, 4) is 11.8 Å². The van der Waals surface area contributed by atoms with Gasteiger partial charge in [0.1, 0.15) is 0 Å². The number of benzene rings is 1. The van der Waals surface area contributed by atoms with E-state index in [0.29, 0.717) is 18.2 Å². The number of hydrogen-bond acceptors (Lipinski definition) is 4. The van der Waals surface area contributed by atoms with Crippen LogP contribution < -0.4 is 0 Å². The molecule has 1 N–H and O–H groups in total. The maximum Gasteiger partial charge on any atom is 0.242 e. The van der Waals surface area contributed by atoms with Crippen molar-refractivity contribution < 1.29 is 14.7 Å². The third-order valence-electron chi connectivity index (χ3n) is 6.46. The summed E-state index contributed by atoms with van der Waals surface area (Å²) in [7, 11) is 0. The van der Waals surface area contributed by atoms with Gasteiger partial charge in [0.25, 0.3) is 0 Å². The van der Waals surface area contributed by atoms with Crippen LogP contribution in [0.1, 0.15) is 35.6 Å². The van der Waals surface area contributed by atoms with Gasteiger partial charge in [0, 0.05) is 35.8 Å². The van der Waals surface area contributed by atoms with Gasteiger partial charge >= 0.3 is 0 Å². The number of carbonyl (C=O) groups excluding carboxylic acids is 2. The van der Waals surface area contributed by atoms with Crippen LogP contribution in [0.3, 0.4) is 0 Å². The molecule has 2 amide bonds. The summed E-state index contributed by atoms with van der Waals surface area (Å²) in [5, 5.41) is 9.95. The molecule has 1 saturated carbocycles. The largest absolute Gasteiger partial charge is 0.394 e. The fourth-order valence-corrected chi connectivity index (χ4v) is 4.66. The van der Waals surface area contributed by atoms with E-state index in [1.54, 1.807) is 16.0 Å². The lowest BCUT2D eigenvalue weighted by Gasteiger charge is -2.58. The summed E-state index contributed by atoms with van der Waals surface area (Å²) < 4.78 is 0. The van der Waals surface area contributed by atoms with Gasteiger partial charge in [0.05, 0.1) is 31.7 Å². The molecule has 3 fully saturated rings. The highest BCUT2D eigenvalue weighted by molar-refractivity contribution is 5.88. The fraction of sp³-hybridized carbons (Fsp3) is 0.400. The Morgan fingerprint density at radius 2 is 1.97 bits per heavy atom. The summed E-state index contributed by atoms with van der Waals surface area (Å²) >= 11 is 0. The molecule has 0 unspecified atom stereocenters. The van der Waals surface area contributed by atoms with Gasteiger partial charge in [0.2, 0.25) is 11.8 Å². The number of carbonyl (C=O) groups is 2. The number of nitrogens with zero attached hydrogens (tertiary/aromatic N) is 3. The monoisotopic (exact) mass is 415 g/mol. The van der Waals surface area contributed by atoms with Crippen LogP contribution in [0, 0.1) is 17.8 Å². The lowest BCUT2D eigenvalue weighted by Crippen LogP contribution is -2.73. The number of piperazine rings is 1. The molecule has 158 valence electrons. The third-order valence-corrected chi connectivity index (χ3v) is 6.46. The Morgan fingerprint density at radius 1 is 1.16 bits per heavy atom. The van der Waals surface area contributed by atoms with E-state index in [4.69, 9.17) is 0 Å². The number of fused-ring (bicyclic) bond motifs is 1. The highest BCUT2D eigenvalue weighted by Gasteiger charge is 2.54. The molecule has 2 saturated heterocycles. The van der Waals surface area contributed by atoms with Gasteiger partial charge in [-0.1, -0.05) is 30.0 Å². The zero-order valence-electron chi connectivity index (χ0n) is 17.3.